The fraction of sp³-hybridized carbons (Fsp3) is 0.529. The van der Waals surface area contributed by atoms with Gasteiger partial charge in [-0.3, -0.25) is 4.90 Å². The molecule has 1 aromatic carbocycles. The minimum Gasteiger partial charge on any atom is -0.382 e. The molecule has 5 heterocycles. The largest absolute Gasteiger partial charge is 0.382 e. The zero-order chi connectivity index (χ0) is 32.6. The lowest BCUT2D eigenvalue weighted by molar-refractivity contribution is -0.0417. The van der Waals surface area contributed by atoms with Crippen LogP contribution in [-0.2, 0) is 49.7 Å². The summed E-state index contributed by atoms with van der Waals surface area (Å²) < 4.78 is 29.2. The maximum Gasteiger partial charge on any atom is 0.147 e. The topological polar surface area (TPSA) is 129 Å². The second-order valence-electron chi connectivity index (χ2n) is 12.4. The molecule has 0 radical (unpaired) electrons. The van der Waals surface area contributed by atoms with Crippen LogP contribution >= 0.6 is 11.3 Å². The zero-order valence-corrected chi connectivity index (χ0v) is 28.6. The molecule has 6 rings (SSSR count). The van der Waals surface area contributed by atoms with Crippen molar-refractivity contribution >= 4 is 48.6 Å². The van der Waals surface area contributed by atoms with Crippen LogP contribution in [0.5, 0.6) is 0 Å². The van der Waals surface area contributed by atoms with Crippen LogP contribution < -0.4 is 5.32 Å². The lowest BCUT2D eigenvalue weighted by Gasteiger charge is -2.33. The molecular formula is C34H45N7O5S. The molecule has 2 N–H and O–H groups in total. The van der Waals surface area contributed by atoms with Crippen LogP contribution in [0.1, 0.15) is 36.2 Å². The van der Waals surface area contributed by atoms with Gasteiger partial charge in [-0.2, -0.15) is 0 Å². The van der Waals surface area contributed by atoms with Crippen LogP contribution in [0.15, 0.2) is 30.9 Å². The van der Waals surface area contributed by atoms with E-state index in [2.05, 4.69) is 64.3 Å². The predicted molar refractivity (Wildman–Crippen MR) is 184 cm³/mol. The smallest absolute Gasteiger partial charge is 0.147 e. The van der Waals surface area contributed by atoms with Crippen molar-refractivity contribution in [3.63, 3.8) is 0 Å². The number of imidazole rings is 1. The van der Waals surface area contributed by atoms with Crippen molar-refractivity contribution in [1.29, 1.82) is 0 Å². The first kappa shape index (κ1) is 33.6. The van der Waals surface area contributed by atoms with Gasteiger partial charge in [-0.1, -0.05) is 6.07 Å². The number of likely N-dealkylation sites (N-methyl/N-ethyl adjacent to an activating group) is 1. The fourth-order valence-corrected chi connectivity index (χ4v) is 6.96. The second kappa shape index (κ2) is 15.7. The Labute approximate surface area is 279 Å². The number of thiophene rings is 1. The molecule has 0 amide bonds. The van der Waals surface area contributed by atoms with Gasteiger partial charge >= 0.3 is 0 Å². The van der Waals surface area contributed by atoms with E-state index in [0.29, 0.717) is 52.9 Å². The van der Waals surface area contributed by atoms with Crippen LogP contribution in [0.2, 0.25) is 0 Å². The lowest BCUT2D eigenvalue weighted by atomic mass is 9.92. The Morgan fingerprint density at radius 1 is 1.02 bits per heavy atom. The third-order valence-electron chi connectivity index (χ3n) is 8.32. The summed E-state index contributed by atoms with van der Waals surface area (Å²) in [5, 5.41) is 4.67. The Morgan fingerprint density at radius 2 is 1.81 bits per heavy atom. The van der Waals surface area contributed by atoms with Crippen LogP contribution in [0.3, 0.4) is 0 Å². The van der Waals surface area contributed by atoms with Gasteiger partial charge in [0.25, 0.3) is 0 Å². The fourth-order valence-electron chi connectivity index (χ4n) is 5.81. The lowest BCUT2D eigenvalue weighted by Crippen LogP contribution is -2.34. The number of aromatic amines is 1. The second-order valence-corrected chi connectivity index (χ2v) is 13.4. The molecule has 0 fully saturated rings. The van der Waals surface area contributed by atoms with Crippen molar-refractivity contribution in [3.05, 3.63) is 53.2 Å². The highest BCUT2D eigenvalue weighted by atomic mass is 32.1. The molecule has 12 nitrogen and oxygen atoms in total. The summed E-state index contributed by atoms with van der Waals surface area (Å²) in [7, 11) is 3.79. The molecule has 1 aliphatic heterocycles. The van der Waals surface area contributed by atoms with Crippen LogP contribution in [0.25, 0.3) is 31.5 Å². The third kappa shape index (κ3) is 8.41. The van der Waals surface area contributed by atoms with Crippen molar-refractivity contribution in [3.8, 4) is 0 Å². The number of aromatic nitrogens is 5. The van der Waals surface area contributed by atoms with Gasteiger partial charge in [-0.25, -0.2) is 19.9 Å². The molecule has 0 spiro atoms. The number of rotatable bonds is 18. The van der Waals surface area contributed by atoms with Gasteiger partial charge in [0, 0.05) is 44.1 Å². The summed E-state index contributed by atoms with van der Waals surface area (Å²) in [5.74, 6) is 0.838. The SMILES string of the molecule is COCCOCCOCCOCCN(C)Cc1c2c(nc3sc4c(NCCc5ccc6[nH]cnc6c5)ncnc4c13)CC(C)(C)OC2. The number of anilines is 1. The predicted octanol–water partition coefficient (Wildman–Crippen LogP) is 4.75. The Balaban J connectivity index is 1.13. The summed E-state index contributed by atoms with van der Waals surface area (Å²) in [6.07, 6.45) is 5.00. The Hall–Kier alpha value is -3.30. The number of hydrogen-bond donors (Lipinski definition) is 2. The molecule has 5 aromatic rings. The van der Waals surface area contributed by atoms with Gasteiger partial charge in [0.05, 0.1) is 91.7 Å². The summed E-state index contributed by atoms with van der Waals surface area (Å²) in [5.41, 5.74) is 7.43. The number of fused-ring (bicyclic) bond motifs is 5. The highest BCUT2D eigenvalue weighted by Gasteiger charge is 2.31. The maximum absolute atomic E-state index is 6.30. The maximum atomic E-state index is 6.30. The minimum atomic E-state index is -0.259. The number of nitrogens with one attached hydrogen (secondary N) is 2. The Morgan fingerprint density at radius 3 is 2.62 bits per heavy atom. The molecule has 13 heteroatoms. The van der Waals surface area contributed by atoms with E-state index in [1.165, 1.54) is 16.7 Å². The molecule has 252 valence electrons. The normalized spacial score (nSPS) is 14.5. The summed E-state index contributed by atoms with van der Waals surface area (Å²) in [6, 6.07) is 6.34. The molecule has 0 atom stereocenters. The van der Waals surface area contributed by atoms with Gasteiger partial charge < -0.3 is 34.0 Å². The Kier molecular flexibility index (Phi) is 11.2. The van der Waals surface area contributed by atoms with Crippen molar-refractivity contribution < 1.29 is 23.7 Å². The first-order chi connectivity index (χ1) is 22.9. The number of benzene rings is 1. The number of methoxy groups -OCH3 is 1. The molecule has 47 heavy (non-hydrogen) atoms. The van der Waals surface area contributed by atoms with E-state index in [1.54, 1.807) is 31.1 Å². The van der Waals surface area contributed by atoms with Gasteiger partial charge in [0.2, 0.25) is 0 Å². The molecule has 0 aliphatic carbocycles. The van der Waals surface area contributed by atoms with Gasteiger partial charge in [-0.15, -0.1) is 11.3 Å². The van der Waals surface area contributed by atoms with E-state index in [1.807, 2.05) is 0 Å². The van der Waals surface area contributed by atoms with Crippen molar-refractivity contribution in [2.45, 2.75) is 45.4 Å². The standard InChI is InChI=1S/C34H45N7O5S/c1-34(2)18-28-25(20-46-34)24(19-41(3)9-10-43-13-14-45-16-15-44-12-11-42-4)29-30-31(47-33(29)40-28)32(39-22-38-30)35-8-7-23-5-6-26-27(17-23)37-21-36-26/h5-6,17,21-22H,7-16,18-20H2,1-4H3,(H,36,37)(H,35,38,39). The summed E-state index contributed by atoms with van der Waals surface area (Å²) in [4.78, 5) is 25.5. The van der Waals surface area contributed by atoms with Gasteiger partial charge in [0.1, 0.15) is 17.0 Å². The number of hydrogen-bond acceptors (Lipinski definition) is 12. The highest BCUT2D eigenvalue weighted by Crippen LogP contribution is 2.41. The molecule has 1 aliphatic rings. The number of nitrogens with zero attached hydrogens (tertiary/aromatic N) is 5. The number of H-pyrrole nitrogens is 1. The molecule has 0 unspecified atom stereocenters. The number of pyridine rings is 1. The molecule has 0 saturated carbocycles. The number of ether oxygens (including phenoxy) is 5. The molecule has 0 bridgehead atoms. The van der Waals surface area contributed by atoms with E-state index >= 15 is 0 Å². The van der Waals surface area contributed by atoms with Crippen LogP contribution in [-0.4, -0.2) is 109 Å². The van der Waals surface area contributed by atoms with Crippen molar-refractivity contribution in [1.82, 2.24) is 29.8 Å². The van der Waals surface area contributed by atoms with E-state index in [9.17, 15) is 0 Å². The van der Waals surface area contributed by atoms with Crippen LogP contribution in [0, 0.1) is 0 Å². The molecule has 4 aromatic heterocycles. The zero-order valence-electron chi connectivity index (χ0n) is 27.8. The van der Waals surface area contributed by atoms with E-state index in [4.69, 9.17) is 33.7 Å². The third-order valence-corrected chi connectivity index (χ3v) is 9.40. The molecular weight excluding hydrogens is 618 g/mol. The van der Waals surface area contributed by atoms with Gasteiger partial charge in [-0.05, 0) is 50.6 Å². The average molecular weight is 664 g/mol. The highest BCUT2D eigenvalue weighted by molar-refractivity contribution is 7.26. The molecule has 0 saturated heterocycles. The minimum absolute atomic E-state index is 0.259. The first-order valence-electron chi connectivity index (χ1n) is 16.2. The quantitative estimate of drug-likeness (QED) is 0.126. The van der Waals surface area contributed by atoms with E-state index in [-0.39, 0.29) is 5.60 Å². The van der Waals surface area contributed by atoms with Crippen molar-refractivity contribution in [2.75, 3.05) is 78.8 Å². The Bertz CT molecular complexity index is 1770. The monoisotopic (exact) mass is 663 g/mol. The van der Waals surface area contributed by atoms with E-state index < -0.39 is 0 Å². The van der Waals surface area contributed by atoms with Crippen molar-refractivity contribution in [2.24, 2.45) is 0 Å². The summed E-state index contributed by atoms with van der Waals surface area (Å²) >= 11 is 1.66. The van der Waals surface area contributed by atoms with Crippen LogP contribution in [0.4, 0.5) is 5.82 Å². The van der Waals surface area contributed by atoms with E-state index in [0.717, 1.165) is 75.5 Å². The van der Waals surface area contributed by atoms with Gasteiger partial charge in [0.15, 0.2) is 0 Å². The first-order valence-corrected chi connectivity index (χ1v) is 17.0. The summed E-state index contributed by atoms with van der Waals surface area (Å²) in [6.45, 7) is 11.0. The average Bonchev–Trinajstić information content (AvgIpc) is 3.67.